The Balaban J connectivity index is -0.000000213. The van der Waals surface area contributed by atoms with Crippen molar-refractivity contribution >= 4 is 11.8 Å². The number of rotatable bonds is 1. The Morgan fingerprint density at radius 1 is 1.36 bits per heavy atom. The van der Waals surface area contributed by atoms with E-state index < -0.39 is 6.16 Å². The van der Waals surface area contributed by atoms with Crippen LogP contribution in [-0.4, -0.2) is 35.4 Å². The van der Waals surface area contributed by atoms with Gasteiger partial charge >= 0.3 is 35.7 Å². The van der Waals surface area contributed by atoms with Crippen LogP contribution in [0, 0.1) is 0 Å². The maximum atomic E-state index is 8.56. The number of nitrogens with zero attached hydrogens (tertiary/aromatic N) is 2. The van der Waals surface area contributed by atoms with Gasteiger partial charge in [0.25, 0.3) is 0 Å². The summed E-state index contributed by atoms with van der Waals surface area (Å²) in [5.41, 5.74) is 1.19. The van der Waals surface area contributed by atoms with Gasteiger partial charge in [-0.3, -0.25) is 4.98 Å². The van der Waals surface area contributed by atoms with E-state index in [1.165, 1.54) is 5.69 Å². The van der Waals surface area contributed by atoms with E-state index in [0.29, 0.717) is 0 Å². The summed E-state index contributed by atoms with van der Waals surface area (Å²) < 4.78 is 0. The second-order valence-electron chi connectivity index (χ2n) is 2.38. The average molecular weight is 208 g/mol. The number of aromatic nitrogens is 1. The molecule has 0 aliphatic rings. The summed E-state index contributed by atoms with van der Waals surface area (Å²) in [7, 11) is 4.02. The van der Waals surface area contributed by atoms with E-state index in [4.69, 9.17) is 15.0 Å². The molecule has 14 heavy (non-hydrogen) atoms. The molecule has 0 saturated heterocycles. The van der Waals surface area contributed by atoms with Crippen LogP contribution in [0.4, 0.5) is 10.5 Å². The van der Waals surface area contributed by atoms with Crippen molar-refractivity contribution in [3.05, 3.63) is 24.5 Å². The molecule has 74 valence electrons. The first-order valence-electron chi connectivity index (χ1n) is 3.53. The second-order valence-corrected chi connectivity index (χ2v) is 2.38. The van der Waals surface area contributed by atoms with Crippen molar-refractivity contribution in [2.45, 2.75) is 0 Å². The fourth-order valence-electron chi connectivity index (χ4n) is 0.642. The van der Waals surface area contributed by atoms with Crippen molar-refractivity contribution in [1.82, 2.24) is 4.98 Å². The molecule has 6 heteroatoms. The van der Waals surface area contributed by atoms with Crippen molar-refractivity contribution in [2.24, 2.45) is 0 Å². The molecule has 1 aromatic heterocycles. The quantitative estimate of drug-likeness (QED) is 0.549. The van der Waals surface area contributed by atoms with Gasteiger partial charge in [-0.05, 0) is 12.1 Å². The number of hydrogen-bond donors (Lipinski definition) is 2. The smallest absolute Gasteiger partial charge is 1.00 e. The van der Waals surface area contributed by atoms with E-state index in [0.717, 1.165) is 0 Å². The predicted molar refractivity (Wildman–Crippen MR) is 50.3 cm³/mol. The van der Waals surface area contributed by atoms with Gasteiger partial charge in [0.2, 0.25) is 0 Å². The first-order chi connectivity index (χ1) is 6.04. The minimum atomic E-state index is -1.83. The van der Waals surface area contributed by atoms with Crippen LogP contribution in [0.1, 0.15) is 1.43 Å². The molecule has 0 fully saturated rings. The first kappa shape index (κ1) is 15.7. The van der Waals surface area contributed by atoms with Crippen molar-refractivity contribution in [2.75, 3.05) is 19.0 Å². The summed E-state index contributed by atoms with van der Waals surface area (Å²) >= 11 is 0. The van der Waals surface area contributed by atoms with Crippen molar-refractivity contribution in [1.29, 1.82) is 0 Å². The van der Waals surface area contributed by atoms with E-state index in [1.807, 2.05) is 31.1 Å². The molecule has 1 rings (SSSR count). The zero-order chi connectivity index (χ0) is 10.3. The average Bonchev–Trinajstić information content (AvgIpc) is 2.05. The zero-order valence-electron chi connectivity index (χ0n) is 9.51. The van der Waals surface area contributed by atoms with Gasteiger partial charge in [-0.2, -0.15) is 0 Å². The molecule has 0 spiro atoms. The summed E-state index contributed by atoms with van der Waals surface area (Å²) in [6.45, 7) is 0. The molecule has 5 nitrogen and oxygen atoms in total. The van der Waals surface area contributed by atoms with Crippen LogP contribution in [0.15, 0.2) is 24.5 Å². The van der Waals surface area contributed by atoms with Crippen molar-refractivity contribution in [3.63, 3.8) is 0 Å². The van der Waals surface area contributed by atoms with E-state index in [9.17, 15) is 0 Å². The van der Waals surface area contributed by atoms with Gasteiger partial charge in [0, 0.05) is 32.2 Å². The fourth-order valence-corrected chi connectivity index (χ4v) is 0.642. The number of anilines is 1. The van der Waals surface area contributed by atoms with Gasteiger partial charge in [-0.1, -0.05) is 0 Å². The number of hydrogen-bond acceptors (Lipinski definition) is 3. The van der Waals surface area contributed by atoms with E-state index in [1.54, 1.807) is 12.4 Å². The van der Waals surface area contributed by atoms with E-state index in [2.05, 4.69) is 4.98 Å². The van der Waals surface area contributed by atoms with Gasteiger partial charge in [0.15, 0.2) is 0 Å². The Hall–Kier alpha value is -0.780. The maximum absolute atomic E-state index is 8.56. The molecule has 0 bridgehead atoms. The van der Waals surface area contributed by atoms with Crippen LogP contribution in [-0.2, 0) is 0 Å². The van der Waals surface area contributed by atoms with Gasteiger partial charge in [-0.15, -0.1) is 0 Å². The number of pyridine rings is 1. The summed E-state index contributed by atoms with van der Waals surface area (Å²) in [6.07, 6.45) is 1.74. The van der Waals surface area contributed by atoms with Crippen molar-refractivity contribution < 1.29 is 46.0 Å². The molecule has 0 atom stereocenters. The first-order valence-corrected chi connectivity index (χ1v) is 3.53. The summed E-state index contributed by atoms with van der Waals surface area (Å²) in [6, 6.07) is 3.94. The van der Waals surface area contributed by atoms with E-state index >= 15 is 0 Å². The van der Waals surface area contributed by atoms with Crippen LogP contribution in [0.25, 0.3) is 0 Å². The molecule has 0 aliphatic carbocycles. The molecule has 1 aromatic rings. The predicted octanol–water partition coefficient (Wildman–Crippen LogP) is -1.51. The van der Waals surface area contributed by atoms with Gasteiger partial charge < -0.3 is 16.5 Å². The van der Waals surface area contributed by atoms with Crippen LogP contribution in [0.3, 0.4) is 0 Å². The monoisotopic (exact) mass is 208 g/mol. The molecule has 2 N–H and O–H groups in total. The van der Waals surface area contributed by atoms with Gasteiger partial charge in [0.05, 0.1) is 0 Å². The maximum Gasteiger partial charge on any atom is 1.00 e. The van der Waals surface area contributed by atoms with Crippen LogP contribution < -0.4 is 34.5 Å². The second kappa shape index (κ2) is 8.80. The Morgan fingerprint density at radius 3 is 1.93 bits per heavy atom. The van der Waals surface area contributed by atoms with Crippen molar-refractivity contribution in [3.8, 4) is 0 Å². The minimum absolute atomic E-state index is 0. The molecule has 1 heterocycles. The summed E-state index contributed by atoms with van der Waals surface area (Å²) in [5, 5.41) is 13.9. The largest absolute Gasteiger partial charge is 1.00 e. The van der Waals surface area contributed by atoms with Crippen LogP contribution in [0.5, 0.6) is 0 Å². The third kappa shape index (κ3) is 9.31. The van der Waals surface area contributed by atoms with Gasteiger partial charge in [-0.25, -0.2) is 4.79 Å². The molecule has 0 unspecified atom stereocenters. The van der Waals surface area contributed by atoms with Crippen LogP contribution in [0.2, 0.25) is 0 Å². The number of carboxylic acid groups (broad SMARTS) is 2. The Labute approximate surface area is 106 Å². The Kier molecular flexibility index (Phi) is 9.86. The Bertz CT molecular complexity index is 255. The normalized spacial score (nSPS) is 7.57. The molecule has 0 aromatic carbocycles. The zero-order valence-corrected chi connectivity index (χ0v) is 10.5. The number of carbonyl (C=O) groups is 1. The molecule has 0 aliphatic heterocycles. The molecule has 0 amide bonds. The summed E-state index contributed by atoms with van der Waals surface area (Å²) in [5.74, 6) is 0. The summed E-state index contributed by atoms with van der Waals surface area (Å²) in [4.78, 5) is 14.5. The SMILES string of the molecule is CN(C)c1ccncc1.O=C(O)O.[H-].[Na+]. The molecular formula is C8H13N2NaO3. The standard InChI is InChI=1S/C7H10N2.CH2O3.Na.H/c1-9(2)7-3-5-8-6-4-7;2-1(3)4;;/h3-6H,1-2H3;(H2,2,3,4);;/q;;+1;-1. The van der Waals surface area contributed by atoms with Crippen LogP contribution >= 0.6 is 0 Å². The Morgan fingerprint density at radius 2 is 1.71 bits per heavy atom. The van der Waals surface area contributed by atoms with Gasteiger partial charge in [0.1, 0.15) is 0 Å². The third-order valence-corrected chi connectivity index (χ3v) is 1.18. The van der Waals surface area contributed by atoms with E-state index in [-0.39, 0.29) is 31.0 Å². The third-order valence-electron chi connectivity index (χ3n) is 1.18. The fraction of sp³-hybridized carbons (Fsp3) is 0.250. The molecular weight excluding hydrogens is 195 g/mol. The topological polar surface area (TPSA) is 73.7 Å². The minimum Gasteiger partial charge on any atom is -1.00 e. The molecule has 0 saturated carbocycles. The molecule has 0 radical (unpaired) electrons.